The molecule has 0 saturated heterocycles. The summed E-state index contributed by atoms with van der Waals surface area (Å²) in [5.41, 5.74) is 14.8. The van der Waals surface area contributed by atoms with Crippen LogP contribution >= 0.6 is 11.3 Å². The molecule has 2 heterocycles. The Balaban J connectivity index is 1.09. The Kier molecular flexibility index (Phi) is 6.80. The van der Waals surface area contributed by atoms with E-state index < -0.39 is 0 Å². The first kappa shape index (κ1) is 31.1. The molecule has 0 amide bonds. The Morgan fingerprint density at radius 1 is 0.426 bits per heavy atom. The number of nitrogens with zero attached hydrogens (tertiary/aromatic N) is 2. The minimum absolute atomic E-state index is 0.0957. The summed E-state index contributed by atoms with van der Waals surface area (Å²) < 4.78 is 5.00. The number of rotatable bonds is 5. The van der Waals surface area contributed by atoms with Gasteiger partial charge in [-0.2, -0.15) is 0 Å². The van der Waals surface area contributed by atoms with Gasteiger partial charge in [0.2, 0.25) is 0 Å². The molecule has 11 rings (SSSR count). The molecule has 3 heteroatoms. The molecule has 54 heavy (non-hydrogen) atoms. The Morgan fingerprint density at radius 3 is 1.74 bits per heavy atom. The van der Waals surface area contributed by atoms with Crippen LogP contribution in [0.4, 0.5) is 17.1 Å². The minimum Gasteiger partial charge on any atom is -0.310 e. The van der Waals surface area contributed by atoms with Crippen molar-refractivity contribution in [2.75, 3.05) is 4.90 Å². The molecule has 0 N–H and O–H groups in total. The van der Waals surface area contributed by atoms with Crippen molar-refractivity contribution >= 4 is 70.4 Å². The molecule has 0 saturated carbocycles. The van der Waals surface area contributed by atoms with Crippen LogP contribution in [0, 0.1) is 0 Å². The maximum Gasteiger partial charge on any atom is 0.0541 e. The van der Waals surface area contributed by atoms with Crippen molar-refractivity contribution in [1.29, 1.82) is 0 Å². The molecule has 0 atom stereocenters. The molecule has 2 aromatic heterocycles. The molecular weight excluding hydrogens is 673 g/mol. The Hall–Kier alpha value is -6.42. The van der Waals surface area contributed by atoms with Gasteiger partial charge in [0.25, 0.3) is 0 Å². The van der Waals surface area contributed by atoms with Crippen LogP contribution in [-0.4, -0.2) is 4.57 Å². The molecule has 0 fully saturated rings. The van der Waals surface area contributed by atoms with Gasteiger partial charge < -0.3 is 9.47 Å². The van der Waals surface area contributed by atoms with Gasteiger partial charge in [0, 0.05) is 59.1 Å². The lowest BCUT2D eigenvalue weighted by atomic mass is 9.82. The summed E-state index contributed by atoms with van der Waals surface area (Å²) in [4.78, 5) is 2.44. The first-order chi connectivity index (χ1) is 26.5. The van der Waals surface area contributed by atoms with Crippen LogP contribution < -0.4 is 4.90 Å². The number of para-hydroxylation sites is 2. The summed E-state index contributed by atoms with van der Waals surface area (Å²) in [7, 11) is 0. The number of anilines is 3. The summed E-state index contributed by atoms with van der Waals surface area (Å²) in [6.45, 7) is 4.72. The highest BCUT2D eigenvalue weighted by Crippen LogP contribution is 2.51. The van der Waals surface area contributed by atoms with Crippen LogP contribution in [0.15, 0.2) is 182 Å². The van der Waals surface area contributed by atoms with E-state index in [1.807, 2.05) is 11.3 Å². The van der Waals surface area contributed by atoms with Crippen molar-refractivity contribution in [2.24, 2.45) is 0 Å². The highest BCUT2D eigenvalue weighted by molar-refractivity contribution is 7.25. The third kappa shape index (κ3) is 4.65. The van der Waals surface area contributed by atoms with Crippen molar-refractivity contribution in [3.05, 3.63) is 193 Å². The van der Waals surface area contributed by atoms with E-state index in [1.165, 1.54) is 81.0 Å². The molecule has 0 unspecified atom stereocenters. The van der Waals surface area contributed by atoms with E-state index in [2.05, 4.69) is 205 Å². The van der Waals surface area contributed by atoms with Crippen molar-refractivity contribution in [1.82, 2.24) is 4.57 Å². The molecule has 0 aliphatic heterocycles. The molecule has 0 spiro atoms. The quantitative estimate of drug-likeness (QED) is 0.173. The van der Waals surface area contributed by atoms with E-state index in [-0.39, 0.29) is 5.41 Å². The Bertz CT molecular complexity index is 3020. The van der Waals surface area contributed by atoms with Gasteiger partial charge in [-0.1, -0.05) is 123 Å². The van der Waals surface area contributed by atoms with Gasteiger partial charge in [0.05, 0.1) is 11.0 Å². The highest BCUT2D eigenvalue weighted by atomic mass is 32.1. The molecule has 2 nitrogen and oxygen atoms in total. The zero-order valence-corrected chi connectivity index (χ0v) is 30.9. The fraction of sp³-hybridized carbons (Fsp3) is 0.0588. The zero-order valence-electron chi connectivity index (χ0n) is 30.1. The monoisotopic (exact) mass is 708 g/mol. The average Bonchev–Trinajstić information content (AvgIpc) is 3.83. The number of benzene rings is 8. The normalized spacial score (nSPS) is 13.1. The van der Waals surface area contributed by atoms with Crippen molar-refractivity contribution in [3.63, 3.8) is 0 Å². The van der Waals surface area contributed by atoms with Crippen molar-refractivity contribution in [3.8, 4) is 27.9 Å². The second-order valence-electron chi connectivity index (χ2n) is 15.0. The van der Waals surface area contributed by atoms with Gasteiger partial charge in [-0.3, -0.25) is 0 Å². The summed E-state index contributed by atoms with van der Waals surface area (Å²) in [6, 6.07) is 67.1. The van der Waals surface area contributed by atoms with Crippen LogP contribution in [0.1, 0.15) is 25.0 Å². The SMILES string of the molecule is CC1(C)c2ccccc2-c2ccc(N(c3ccc(-c4ccccc4)cc3)c3ccc4sc5ccc(-n6c7ccccc7c7ccccc76)cc5c4c3)cc21. The maximum atomic E-state index is 2.44. The van der Waals surface area contributed by atoms with Gasteiger partial charge >= 0.3 is 0 Å². The predicted molar refractivity (Wildman–Crippen MR) is 231 cm³/mol. The maximum absolute atomic E-state index is 2.44. The average molecular weight is 709 g/mol. The molecule has 1 aliphatic carbocycles. The van der Waals surface area contributed by atoms with E-state index in [0.717, 1.165) is 17.1 Å². The van der Waals surface area contributed by atoms with E-state index in [0.29, 0.717) is 0 Å². The topological polar surface area (TPSA) is 8.17 Å². The lowest BCUT2D eigenvalue weighted by Gasteiger charge is -2.28. The third-order valence-electron chi connectivity index (χ3n) is 11.6. The second-order valence-corrected chi connectivity index (χ2v) is 16.1. The van der Waals surface area contributed by atoms with Gasteiger partial charge in [0.15, 0.2) is 0 Å². The molecule has 8 aromatic carbocycles. The van der Waals surface area contributed by atoms with E-state index in [4.69, 9.17) is 0 Å². The summed E-state index contributed by atoms with van der Waals surface area (Å²) in [6.07, 6.45) is 0. The molecule has 0 bridgehead atoms. The lowest BCUT2D eigenvalue weighted by Crippen LogP contribution is -2.16. The minimum atomic E-state index is -0.0957. The van der Waals surface area contributed by atoms with Gasteiger partial charge in [-0.15, -0.1) is 11.3 Å². The Morgan fingerprint density at radius 2 is 0.981 bits per heavy atom. The summed E-state index contributed by atoms with van der Waals surface area (Å²) in [5.74, 6) is 0. The van der Waals surface area contributed by atoms with Crippen molar-refractivity contribution in [2.45, 2.75) is 19.3 Å². The number of hydrogen-bond acceptors (Lipinski definition) is 2. The molecule has 0 radical (unpaired) electrons. The zero-order chi connectivity index (χ0) is 36.0. The van der Waals surface area contributed by atoms with Crippen molar-refractivity contribution < 1.29 is 0 Å². The fourth-order valence-corrected chi connectivity index (χ4v) is 10.0. The molecule has 10 aromatic rings. The van der Waals surface area contributed by atoms with Gasteiger partial charge in [0.1, 0.15) is 0 Å². The van der Waals surface area contributed by atoms with Crippen LogP contribution in [-0.2, 0) is 5.41 Å². The number of aromatic nitrogens is 1. The molecule has 1 aliphatic rings. The number of thiophene rings is 1. The summed E-state index contributed by atoms with van der Waals surface area (Å²) >= 11 is 1.87. The molecule has 256 valence electrons. The second kappa shape index (κ2) is 11.8. The van der Waals surface area contributed by atoms with Crippen LogP contribution in [0.2, 0.25) is 0 Å². The fourth-order valence-electron chi connectivity index (χ4n) is 8.94. The first-order valence-electron chi connectivity index (χ1n) is 18.7. The Labute approximate surface area is 318 Å². The summed E-state index contributed by atoms with van der Waals surface area (Å²) in [5, 5.41) is 5.11. The standard InChI is InChI=1S/C51H36N2S/c1-51(2)45-17-9-6-14-39(45)40-27-24-38(32-46(40)51)52(35-22-20-34(21-23-35)33-12-4-3-5-13-33)36-25-28-49-43(30-36)44-31-37(26-29-50(44)54-49)53-47-18-10-7-15-41(47)42-16-8-11-19-48(42)53/h3-32H,1-2H3. The lowest BCUT2D eigenvalue weighted by molar-refractivity contribution is 0.660. The predicted octanol–water partition coefficient (Wildman–Crippen LogP) is 14.6. The van der Waals surface area contributed by atoms with E-state index >= 15 is 0 Å². The smallest absolute Gasteiger partial charge is 0.0541 e. The van der Waals surface area contributed by atoms with Gasteiger partial charge in [-0.05, 0) is 106 Å². The van der Waals surface area contributed by atoms with Crippen LogP contribution in [0.5, 0.6) is 0 Å². The molecular formula is C51H36N2S. The van der Waals surface area contributed by atoms with Gasteiger partial charge in [-0.25, -0.2) is 0 Å². The number of fused-ring (bicyclic) bond motifs is 9. The van der Waals surface area contributed by atoms with Crippen LogP contribution in [0.3, 0.4) is 0 Å². The van der Waals surface area contributed by atoms with E-state index in [1.54, 1.807) is 0 Å². The largest absolute Gasteiger partial charge is 0.310 e. The van der Waals surface area contributed by atoms with E-state index in [9.17, 15) is 0 Å². The number of hydrogen-bond donors (Lipinski definition) is 0. The third-order valence-corrected chi connectivity index (χ3v) is 12.7. The van der Waals surface area contributed by atoms with Crippen LogP contribution in [0.25, 0.3) is 69.9 Å². The first-order valence-corrected chi connectivity index (χ1v) is 19.5. The highest BCUT2D eigenvalue weighted by Gasteiger charge is 2.35.